The zero-order chi connectivity index (χ0) is 22.2. The maximum Gasteiger partial charge on any atom is 0.162 e. The summed E-state index contributed by atoms with van der Waals surface area (Å²) in [5, 5.41) is 20.1. The number of nitrogens with one attached hydrogen (secondary N) is 2. The molecule has 166 valence electrons. The summed E-state index contributed by atoms with van der Waals surface area (Å²) in [6.45, 7) is 5.56. The summed E-state index contributed by atoms with van der Waals surface area (Å²) >= 11 is 0. The second kappa shape index (κ2) is 10.9. The molecule has 0 spiro atoms. The molecule has 1 aromatic carbocycles. The van der Waals surface area contributed by atoms with Crippen LogP contribution in [0.3, 0.4) is 0 Å². The van der Waals surface area contributed by atoms with Gasteiger partial charge >= 0.3 is 0 Å². The van der Waals surface area contributed by atoms with E-state index in [1.807, 2.05) is 44.2 Å². The highest BCUT2D eigenvalue weighted by Crippen LogP contribution is 2.30. The number of anilines is 1. The average Bonchev–Trinajstić information content (AvgIpc) is 3.11. The van der Waals surface area contributed by atoms with Gasteiger partial charge in [0.05, 0.1) is 23.6 Å². The highest BCUT2D eigenvalue weighted by Gasteiger charge is 2.16. The Hall–Kier alpha value is -3.01. The van der Waals surface area contributed by atoms with Gasteiger partial charge in [0, 0.05) is 31.8 Å². The lowest BCUT2D eigenvalue weighted by Gasteiger charge is -2.13. The van der Waals surface area contributed by atoms with Gasteiger partial charge in [0.15, 0.2) is 5.82 Å². The molecule has 0 saturated carbocycles. The lowest BCUT2D eigenvalue weighted by Crippen LogP contribution is -2.29. The van der Waals surface area contributed by atoms with Crippen LogP contribution in [-0.4, -0.2) is 66.8 Å². The lowest BCUT2D eigenvalue weighted by atomic mass is 10.1. The molecule has 0 fully saturated rings. The van der Waals surface area contributed by atoms with Gasteiger partial charge in [-0.2, -0.15) is 0 Å². The largest absolute Gasteiger partial charge is 0.491 e. The summed E-state index contributed by atoms with van der Waals surface area (Å²) in [4.78, 5) is 9.43. The molecule has 3 N–H and O–H groups in total. The molecule has 9 heteroatoms. The minimum absolute atomic E-state index is 0.189. The van der Waals surface area contributed by atoms with Crippen molar-refractivity contribution in [2.75, 3.05) is 45.8 Å². The third-order valence-corrected chi connectivity index (χ3v) is 4.60. The minimum Gasteiger partial charge on any atom is -0.491 e. The quantitative estimate of drug-likeness (QED) is 0.397. The second-order valence-corrected chi connectivity index (χ2v) is 7.13. The highest BCUT2D eigenvalue weighted by atomic mass is 16.5. The topological polar surface area (TPSA) is 115 Å². The summed E-state index contributed by atoms with van der Waals surface area (Å²) < 4.78 is 16.2. The van der Waals surface area contributed by atoms with Crippen molar-refractivity contribution in [3.05, 3.63) is 41.8 Å². The van der Waals surface area contributed by atoms with Gasteiger partial charge < -0.3 is 29.7 Å². The molecule has 3 rings (SSSR count). The zero-order valence-corrected chi connectivity index (χ0v) is 18.3. The Kier molecular flexibility index (Phi) is 7.94. The van der Waals surface area contributed by atoms with E-state index < -0.39 is 6.10 Å². The third-order valence-electron chi connectivity index (χ3n) is 4.60. The highest BCUT2D eigenvalue weighted by molar-refractivity contribution is 5.70. The number of aromatic nitrogens is 3. The van der Waals surface area contributed by atoms with Crippen LogP contribution < -0.4 is 15.4 Å². The number of benzene rings is 1. The summed E-state index contributed by atoms with van der Waals surface area (Å²) in [7, 11) is 3.44. The molecule has 9 nitrogen and oxygen atoms in total. The Bertz CT molecular complexity index is 972. The first-order valence-electron chi connectivity index (χ1n) is 10.1. The molecule has 0 radical (unpaired) electrons. The molecule has 0 aliphatic heterocycles. The van der Waals surface area contributed by atoms with Crippen LogP contribution in [0.2, 0.25) is 0 Å². The zero-order valence-electron chi connectivity index (χ0n) is 18.3. The van der Waals surface area contributed by atoms with Crippen LogP contribution in [0.4, 0.5) is 5.82 Å². The van der Waals surface area contributed by atoms with Gasteiger partial charge in [-0.1, -0.05) is 17.3 Å². The Morgan fingerprint density at radius 1 is 1.19 bits per heavy atom. The number of ether oxygens (including phenoxy) is 2. The van der Waals surface area contributed by atoms with E-state index in [1.54, 1.807) is 14.2 Å². The fourth-order valence-electron chi connectivity index (χ4n) is 3.14. The fourth-order valence-corrected chi connectivity index (χ4v) is 3.14. The number of hydrogen-bond donors (Lipinski definition) is 3. The summed E-state index contributed by atoms with van der Waals surface area (Å²) in [5.41, 5.74) is 3.13. The summed E-state index contributed by atoms with van der Waals surface area (Å²) in [6, 6.07) is 9.37. The monoisotopic (exact) mass is 427 g/mol. The van der Waals surface area contributed by atoms with Crippen molar-refractivity contribution in [3.8, 4) is 28.4 Å². The predicted octanol–water partition coefficient (Wildman–Crippen LogP) is 2.43. The molecule has 0 amide bonds. The van der Waals surface area contributed by atoms with Gasteiger partial charge in [-0.05, 0) is 33.0 Å². The van der Waals surface area contributed by atoms with Crippen LogP contribution in [-0.2, 0) is 4.74 Å². The number of aliphatic hydroxyl groups excluding tert-OH is 1. The fraction of sp³-hybridized carbons (Fsp3) is 0.409. The van der Waals surface area contributed by atoms with E-state index in [0.717, 1.165) is 22.5 Å². The third kappa shape index (κ3) is 6.00. The van der Waals surface area contributed by atoms with E-state index in [0.29, 0.717) is 42.8 Å². The number of hydrogen-bond acceptors (Lipinski definition) is 9. The average molecular weight is 428 g/mol. The van der Waals surface area contributed by atoms with Gasteiger partial charge in [0.2, 0.25) is 0 Å². The normalized spacial score (nSPS) is 12.0. The molecule has 0 aliphatic carbocycles. The number of nitrogens with zero attached hydrogens (tertiary/aromatic N) is 3. The van der Waals surface area contributed by atoms with Gasteiger partial charge in [-0.15, -0.1) is 0 Å². The SMILES string of the molecule is CNCC(O)COc1cccc(-c2nc(NCCOC)cc(-c3c(C)noc3C)n2)c1. The van der Waals surface area contributed by atoms with E-state index >= 15 is 0 Å². The number of aryl methyl sites for hydroxylation is 2. The molecular formula is C22H29N5O4. The number of rotatable bonds is 11. The van der Waals surface area contributed by atoms with Gasteiger partial charge in [-0.3, -0.25) is 0 Å². The summed E-state index contributed by atoms with van der Waals surface area (Å²) in [6.07, 6.45) is -0.593. The molecule has 3 aromatic rings. The molecule has 0 bridgehead atoms. The standard InChI is InChI=1S/C22H29N5O4/c1-14-21(15(2)31-27-14)19-11-20(24-8-9-29-4)26-22(25-19)16-6-5-7-18(10-16)30-13-17(28)12-23-3/h5-7,10-11,17,23,28H,8-9,12-13H2,1-4H3,(H,24,25,26). The van der Waals surface area contributed by atoms with E-state index in [4.69, 9.17) is 19.0 Å². The van der Waals surface area contributed by atoms with Gasteiger partial charge in [0.1, 0.15) is 30.0 Å². The lowest BCUT2D eigenvalue weighted by molar-refractivity contribution is 0.108. The van der Waals surface area contributed by atoms with Gasteiger partial charge in [-0.25, -0.2) is 9.97 Å². The first kappa shape index (κ1) is 22.7. The molecule has 1 unspecified atom stereocenters. The molecule has 2 heterocycles. The first-order chi connectivity index (χ1) is 15.0. The van der Waals surface area contributed by atoms with Crippen LogP contribution in [0.5, 0.6) is 5.75 Å². The van der Waals surface area contributed by atoms with E-state index in [1.165, 1.54) is 0 Å². The molecule has 1 atom stereocenters. The number of likely N-dealkylation sites (N-methyl/N-ethyl adjacent to an activating group) is 1. The van der Waals surface area contributed by atoms with Crippen LogP contribution in [0.1, 0.15) is 11.5 Å². The smallest absolute Gasteiger partial charge is 0.162 e. The molecule has 0 aliphatic rings. The maximum atomic E-state index is 9.88. The van der Waals surface area contributed by atoms with Crippen molar-refractivity contribution in [2.24, 2.45) is 0 Å². The molecular weight excluding hydrogens is 398 g/mol. The number of methoxy groups -OCH3 is 1. The van der Waals surface area contributed by atoms with Crippen LogP contribution in [0.15, 0.2) is 34.9 Å². The Morgan fingerprint density at radius 2 is 2.03 bits per heavy atom. The van der Waals surface area contributed by atoms with Crippen molar-refractivity contribution in [1.29, 1.82) is 0 Å². The first-order valence-corrected chi connectivity index (χ1v) is 10.1. The Balaban J connectivity index is 1.93. The van der Waals surface area contributed by atoms with Crippen molar-refractivity contribution in [2.45, 2.75) is 20.0 Å². The second-order valence-electron chi connectivity index (χ2n) is 7.13. The summed E-state index contributed by atoms with van der Waals surface area (Å²) in [5.74, 6) is 2.54. The van der Waals surface area contributed by atoms with E-state index in [-0.39, 0.29) is 6.61 Å². The van der Waals surface area contributed by atoms with Crippen LogP contribution in [0.25, 0.3) is 22.6 Å². The Labute approximate surface area is 181 Å². The van der Waals surface area contributed by atoms with E-state index in [2.05, 4.69) is 20.8 Å². The van der Waals surface area contributed by atoms with Crippen LogP contribution in [0, 0.1) is 13.8 Å². The molecule has 31 heavy (non-hydrogen) atoms. The maximum absolute atomic E-state index is 9.88. The predicted molar refractivity (Wildman–Crippen MR) is 118 cm³/mol. The Morgan fingerprint density at radius 3 is 2.74 bits per heavy atom. The van der Waals surface area contributed by atoms with Crippen molar-refractivity contribution in [3.63, 3.8) is 0 Å². The number of aliphatic hydroxyl groups is 1. The molecule has 0 saturated heterocycles. The van der Waals surface area contributed by atoms with Crippen LogP contribution >= 0.6 is 0 Å². The molecule has 2 aromatic heterocycles. The minimum atomic E-state index is -0.593. The van der Waals surface area contributed by atoms with Gasteiger partial charge in [0.25, 0.3) is 0 Å². The van der Waals surface area contributed by atoms with Crippen molar-refractivity contribution < 1.29 is 19.1 Å². The van der Waals surface area contributed by atoms with Crippen molar-refractivity contribution >= 4 is 5.82 Å². The van der Waals surface area contributed by atoms with E-state index in [9.17, 15) is 5.11 Å². The van der Waals surface area contributed by atoms with Crippen molar-refractivity contribution in [1.82, 2.24) is 20.4 Å².